The van der Waals surface area contributed by atoms with E-state index in [1.54, 1.807) is 0 Å². The van der Waals surface area contributed by atoms with Crippen LogP contribution in [0.1, 0.15) is 5.56 Å². The van der Waals surface area contributed by atoms with Crippen molar-refractivity contribution in [3.05, 3.63) is 151 Å². The van der Waals surface area contributed by atoms with Gasteiger partial charge in [-0.1, -0.05) is 127 Å². The van der Waals surface area contributed by atoms with Gasteiger partial charge in [0.2, 0.25) is 0 Å². The number of aliphatic hydroxyl groups is 1. The van der Waals surface area contributed by atoms with Gasteiger partial charge in [-0.15, -0.1) is 0 Å². The molecule has 0 saturated heterocycles. The van der Waals surface area contributed by atoms with Gasteiger partial charge in [-0.05, 0) is 51.0 Å². The van der Waals surface area contributed by atoms with Crippen LogP contribution in [0, 0.1) is 0 Å². The maximum absolute atomic E-state index is 10.1. The summed E-state index contributed by atoms with van der Waals surface area (Å²) in [6.07, 6.45) is 0. The molecule has 0 unspecified atom stereocenters. The first-order valence-corrected chi connectivity index (χ1v) is 13.3. The fourth-order valence-corrected chi connectivity index (χ4v) is 5.92. The lowest BCUT2D eigenvalue weighted by molar-refractivity contribution is 0.283. The fraction of sp³-hybridized carbons (Fsp3) is 0.0270. The molecule has 7 aromatic rings. The summed E-state index contributed by atoms with van der Waals surface area (Å²) in [5, 5.41) is 17.1. The van der Waals surface area contributed by atoms with Crippen molar-refractivity contribution < 1.29 is 5.11 Å². The van der Waals surface area contributed by atoms with Crippen molar-refractivity contribution in [2.45, 2.75) is 6.61 Å². The molecular weight excluding hydrogens is 474 g/mol. The normalized spacial score (nSPS) is 11.3. The predicted molar refractivity (Wildman–Crippen MR) is 165 cm³/mol. The van der Waals surface area contributed by atoms with Crippen molar-refractivity contribution in [3.8, 4) is 11.1 Å². The van der Waals surface area contributed by atoms with Crippen LogP contribution in [-0.2, 0) is 6.61 Å². The number of benzene rings is 7. The molecule has 2 nitrogen and oxygen atoms in total. The quantitative estimate of drug-likeness (QED) is 0.237. The molecule has 0 bridgehead atoms. The number of hydrogen-bond acceptors (Lipinski definition) is 2. The van der Waals surface area contributed by atoms with Gasteiger partial charge in [0.05, 0.1) is 18.0 Å². The highest BCUT2D eigenvalue weighted by Crippen LogP contribution is 2.49. The lowest BCUT2D eigenvalue weighted by Gasteiger charge is -2.30. The molecule has 2 heteroatoms. The van der Waals surface area contributed by atoms with E-state index in [0.717, 1.165) is 33.4 Å². The van der Waals surface area contributed by atoms with Gasteiger partial charge in [-0.2, -0.15) is 0 Å². The summed E-state index contributed by atoms with van der Waals surface area (Å²) in [5.74, 6) is 0. The molecule has 0 saturated carbocycles. The summed E-state index contributed by atoms with van der Waals surface area (Å²) in [6, 6.07) is 51.3. The number of aliphatic hydroxyl groups excluding tert-OH is 1. The summed E-state index contributed by atoms with van der Waals surface area (Å²) >= 11 is 0. The van der Waals surface area contributed by atoms with Crippen LogP contribution in [0.5, 0.6) is 0 Å². The van der Waals surface area contributed by atoms with Crippen molar-refractivity contribution in [2.24, 2.45) is 0 Å². The monoisotopic (exact) mass is 501 g/mol. The molecule has 0 fully saturated rings. The minimum atomic E-state index is 0.00373. The lowest BCUT2D eigenvalue weighted by Crippen LogP contribution is -2.12. The van der Waals surface area contributed by atoms with E-state index in [1.165, 1.54) is 32.7 Å². The van der Waals surface area contributed by atoms with Gasteiger partial charge >= 0.3 is 0 Å². The van der Waals surface area contributed by atoms with Crippen LogP contribution in [-0.4, -0.2) is 5.11 Å². The molecule has 1 N–H and O–H groups in total. The molecule has 39 heavy (non-hydrogen) atoms. The van der Waals surface area contributed by atoms with E-state index in [2.05, 4.69) is 138 Å². The summed E-state index contributed by atoms with van der Waals surface area (Å²) in [5.41, 5.74) is 6.70. The van der Waals surface area contributed by atoms with E-state index in [1.807, 2.05) is 12.1 Å². The minimum absolute atomic E-state index is 0.00373. The molecule has 0 atom stereocenters. The third kappa shape index (κ3) is 3.85. The number of anilines is 3. The molecule has 0 aliphatic rings. The first-order valence-electron chi connectivity index (χ1n) is 13.3. The largest absolute Gasteiger partial charge is 0.392 e. The Balaban J connectivity index is 1.65. The topological polar surface area (TPSA) is 23.5 Å². The van der Waals surface area contributed by atoms with Crippen molar-refractivity contribution in [1.29, 1.82) is 0 Å². The van der Waals surface area contributed by atoms with Crippen LogP contribution >= 0.6 is 0 Å². The number of para-hydroxylation sites is 1. The molecular formula is C37H27NO. The molecule has 0 radical (unpaired) electrons. The van der Waals surface area contributed by atoms with Crippen molar-refractivity contribution >= 4 is 49.4 Å². The van der Waals surface area contributed by atoms with Crippen LogP contribution < -0.4 is 4.90 Å². The van der Waals surface area contributed by atoms with E-state index < -0.39 is 0 Å². The van der Waals surface area contributed by atoms with Gasteiger partial charge in [-0.25, -0.2) is 0 Å². The van der Waals surface area contributed by atoms with Crippen LogP contribution in [0.25, 0.3) is 43.4 Å². The van der Waals surface area contributed by atoms with E-state index in [9.17, 15) is 5.11 Å². The van der Waals surface area contributed by atoms with Crippen molar-refractivity contribution in [2.75, 3.05) is 4.90 Å². The Kier molecular flexibility index (Phi) is 5.81. The summed E-state index contributed by atoms with van der Waals surface area (Å²) in [4.78, 5) is 2.39. The molecule has 0 spiro atoms. The van der Waals surface area contributed by atoms with Crippen LogP contribution in [0.2, 0.25) is 0 Å². The van der Waals surface area contributed by atoms with Gasteiger partial charge in [-0.3, -0.25) is 0 Å². The number of rotatable bonds is 5. The predicted octanol–water partition coefficient (Wildman–Crippen LogP) is 9.78. The Morgan fingerprint density at radius 1 is 0.436 bits per heavy atom. The van der Waals surface area contributed by atoms with Crippen molar-refractivity contribution in [1.82, 2.24) is 0 Å². The molecule has 186 valence electrons. The zero-order valence-electron chi connectivity index (χ0n) is 21.5. The first kappa shape index (κ1) is 23.2. The average Bonchev–Trinajstić information content (AvgIpc) is 3.01. The first-order chi connectivity index (χ1) is 19.3. The molecule has 7 rings (SSSR count). The number of nitrogens with zero attached hydrogens (tertiary/aromatic N) is 1. The van der Waals surface area contributed by atoms with Crippen LogP contribution in [0.3, 0.4) is 0 Å². The maximum atomic E-state index is 10.1. The Hall–Kier alpha value is -4.92. The van der Waals surface area contributed by atoms with E-state index in [0.29, 0.717) is 0 Å². The molecule has 7 aromatic carbocycles. The third-order valence-electron chi connectivity index (χ3n) is 7.60. The average molecular weight is 502 g/mol. The Labute approximate surface area is 228 Å². The highest BCUT2D eigenvalue weighted by atomic mass is 16.3. The second-order valence-electron chi connectivity index (χ2n) is 9.80. The van der Waals surface area contributed by atoms with Crippen molar-refractivity contribution in [3.63, 3.8) is 0 Å². The molecule has 0 amide bonds. The summed E-state index contributed by atoms with van der Waals surface area (Å²) < 4.78 is 0. The third-order valence-corrected chi connectivity index (χ3v) is 7.60. The van der Waals surface area contributed by atoms with Gasteiger partial charge in [0.25, 0.3) is 0 Å². The zero-order chi connectivity index (χ0) is 26.2. The molecule has 0 aromatic heterocycles. The SMILES string of the molecule is OCc1cccc2c(N(c3ccccc3)c3c4ccccc4c(-c4ccccc4)c4ccccc34)cccc12. The highest BCUT2D eigenvalue weighted by Gasteiger charge is 2.23. The van der Waals surface area contributed by atoms with E-state index in [4.69, 9.17) is 0 Å². The maximum Gasteiger partial charge on any atom is 0.0687 e. The standard InChI is InChI=1S/C37H27NO/c39-25-27-15-11-23-30-29(27)22-12-24-35(30)38(28-16-5-2-6-17-28)37-33-20-9-7-18-31(33)36(26-13-3-1-4-14-26)32-19-8-10-21-34(32)37/h1-24,39H,25H2. The van der Waals surface area contributed by atoms with Gasteiger partial charge in [0, 0.05) is 21.8 Å². The Morgan fingerprint density at radius 2 is 0.949 bits per heavy atom. The molecule has 0 aliphatic heterocycles. The van der Waals surface area contributed by atoms with Crippen LogP contribution in [0.4, 0.5) is 17.1 Å². The zero-order valence-corrected chi connectivity index (χ0v) is 21.5. The number of hydrogen-bond donors (Lipinski definition) is 1. The molecule has 0 heterocycles. The van der Waals surface area contributed by atoms with Gasteiger partial charge < -0.3 is 10.0 Å². The van der Waals surface area contributed by atoms with E-state index >= 15 is 0 Å². The van der Waals surface area contributed by atoms with Gasteiger partial charge in [0.15, 0.2) is 0 Å². The smallest absolute Gasteiger partial charge is 0.0687 e. The summed E-state index contributed by atoms with van der Waals surface area (Å²) in [6.45, 7) is 0.00373. The second kappa shape index (κ2) is 9.75. The Bertz CT molecular complexity index is 1890. The summed E-state index contributed by atoms with van der Waals surface area (Å²) in [7, 11) is 0. The second-order valence-corrected chi connectivity index (χ2v) is 9.80. The number of fused-ring (bicyclic) bond motifs is 3. The highest BCUT2D eigenvalue weighted by molar-refractivity contribution is 6.23. The van der Waals surface area contributed by atoms with Gasteiger partial charge in [0.1, 0.15) is 0 Å². The lowest BCUT2D eigenvalue weighted by atomic mass is 9.89. The molecule has 0 aliphatic carbocycles. The van der Waals surface area contributed by atoms with Crippen LogP contribution in [0.15, 0.2) is 146 Å². The Morgan fingerprint density at radius 3 is 1.59 bits per heavy atom. The minimum Gasteiger partial charge on any atom is -0.392 e. The van der Waals surface area contributed by atoms with E-state index in [-0.39, 0.29) is 6.61 Å². The fourth-order valence-electron chi connectivity index (χ4n) is 5.92.